The van der Waals surface area contributed by atoms with Gasteiger partial charge in [-0.25, -0.2) is 0 Å². The van der Waals surface area contributed by atoms with Gasteiger partial charge >= 0.3 is 14.0 Å². The van der Waals surface area contributed by atoms with E-state index in [1.165, 1.54) is 0 Å². The van der Waals surface area contributed by atoms with Crippen molar-refractivity contribution in [3.05, 3.63) is 0 Å². The van der Waals surface area contributed by atoms with Gasteiger partial charge in [0.1, 0.15) is 6.04 Å². The van der Waals surface area contributed by atoms with Crippen LogP contribution < -0.4 is 11.1 Å². The van der Waals surface area contributed by atoms with E-state index < -0.39 is 20.0 Å². The van der Waals surface area contributed by atoms with Gasteiger partial charge in [-0.1, -0.05) is 0 Å². The molecule has 70 valence electrons. The molecule has 0 bridgehead atoms. The number of carbonyl (C=O) groups is 1. The summed E-state index contributed by atoms with van der Waals surface area (Å²) in [6.45, 7) is 0.328. The number of rotatable bonds is 6. The molecule has 0 aromatic heterocycles. The molecule has 0 rings (SSSR count). The lowest BCUT2D eigenvalue weighted by Gasteiger charge is -2.03. The van der Waals surface area contributed by atoms with Crippen LogP contribution in [0, 0.1) is 0 Å². The number of nitrogens with one attached hydrogen (secondary N) is 1. The van der Waals surface area contributed by atoms with Gasteiger partial charge in [0.15, 0.2) is 0 Å². The Balaban J connectivity index is 3.31. The van der Waals surface area contributed by atoms with Gasteiger partial charge in [-0.2, -0.15) is 4.89 Å². The average molecular weight is 195 g/mol. The van der Waals surface area contributed by atoms with Crippen LogP contribution in [0.4, 0.5) is 0 Å². The van der Waals surface area contributed by atoms with Crippen LogP contribution in [-0.2, 0) is 9.36 Å². The van der Waals surface area contributed by atoms with Crippen LogP contribution in [0.2, 0.25) is 0 Å². The van der Waals surface area contributed by atoms with Crippen molar-refractivity contribution in [2.24, 2.45) is 5.73 Å². The fraction of sp³-hybridized carbons (Fsp3) is 0.800. The fourth-order valence-corrected chi connectivity index (χ4v) is 0.905. The van der Waals surface area contributed by atoms with Gasteiger partial charge in [0.2, 0.25) is 6.29 Å². The van der Waals surface area contributed by atoms with Gasteiger partial charge in [-0.15, -0.1) is 0 Å². The fourth-order valence-electron chi connectivity index (χ4n) is 0.556. The van der Waals surface area contributed by atoms with Crippen molar-refractivity contribution >= 4 is 14.0 Å². The second-order valence-corrected chi connectivity index (χ2v) is 3.26. The molecular weight excluding hydrogens is 183 g/mol. The molecule has 0 aromatic rings. The van der Waals surface area contributed by atoms with Gasteiger partial charge in [0, 0.05) is 6.54 Å². The zero-order valence-electron chi connectivity index (χ0n) is 6.43. The Morgan fingerprint density at radius 3 is 2.67 bits per heavy atom. The minimum Gasteiger partial charge on any atom is -0.480 e. The molecule has 0 radical (unpaired) electrons. The molecule has 0 amide bonds. The molecule has 6 nitrogen and oxygen atoms in total. The van der Waals surface area contributed by atoms with Crippen molar-refractivity contribution in [2.75, 3.05) is 12.8 Å². The highest BCUT2D eigenvalue weighted by molar-refractivity contribution is 7.37. The molecule has 2 unspecified atom stereocenters. The van der Waals surface area contributed by atoms with Crippen molar-refractivity contribution in [3.8, 4) is 0 Å². The molecule has 0 spiro atoms. The Morgan fingerprint density at radius 1 is 1.67 bits per heavy atom. The molecule has 0 saturated heterocycles. The molecule has 0 aliphatic heterocycles. The predicted molar refractivity (Wildman–Crippen MR) is 42.9 cm³/mol. The molecule has 0 saturated carbocycles. The third kappa shape index (κ3) is 6.18. The molecule has 0 aliphatic rings. The molecule has 5 N–H and O–H groups in total. The van der Waals surface area contributed by atoms with Gasteiger partial charge in [-0.3, -0.25) is 10.1 Å². The van der Waals surface area contributed by atoms with Gasteiger partial charge in [-0.05, 0) is 11.0 Å². The Bertz CT molecular complexity index is 175. The molecule has 0 aliphatic carbocycles. The van der Waals surface area contributed by atoms with E-state index in [4.69, 9.17) is 15.7 Å². The van der Waals surface area contributed by atoms with E-state index in [0.717, 1.165) is 0 Å². The van der Waals surface area contributed by atoms with Crippen molar-refractivity contribution in [1.29, 1.82) is 0 Å². The van der Waals surface area contributed by atoms with E-state index in [9.17, 15) is 9.36 Å². The summed E-state index contributed by atoms with van der Waals surface area (Å²) in [4.78, 5) is 18.5. The lowest BCUT2D eigenvalue weighted by Crippen LogP contribution is -2.33. The number of nitrogens with two attached hydrogens (primary N) is 1. The van der Waals surface area contributed by atoms with Gasteiger partial charge in [0.25, 0.3) is 0 Å². The maximum atomic E-state index is 10.2. The smallest absolute Gasteiger partial charge is 0.480 e. The summed E-state index contributed by atoms with van der Waals surface area (Å²) in [6, 6.07) is -0.908. The third-order valence-corrected chi connectivity index (χ3v) is 1.69. The highest BCUT2D eigenvalue weighted by Crippen LogP contribution is 2.07. The lowest BCUT2D eigenvalue weighted by atomic mass is 10.2. The van der Waals surface area contributed by atoms with Crippen molar-refractivity contribution in [2.45, 2.75) is 12.5 Å². The second kappa shape index (κ2) is 6.02. The average Bonchev–Trinajstić information content (AvgIpc) is 1.97. The van der Waals surface area contributed by atoms with Crippen LogP contribution in [0.1, 0.15) is 6.42 Å². The standard InChI is InChI=1S/C5H11N2O4P/c6-4(5(8)9)1-2-7-3-12(10)11/h4,7H,1-3,6H2,(H-,8,9,10,11)/p+1. The predicted octanol–water partition coefficient (Wildman–Crippen LogP) is -0.930. The van der Waals surface area contributed by atoms with Crippen molar-refractivity contribution < 1.29 is 19.4 Å². The molecule has 0 aromatic carbocycles. The minimum absolute atomic E-state index is 0.0261. The van der Waals surface area contributed by atoms with Crippen LogP contribution in [0.15, 0.2) is 0 Å². The number of hydrogen-bond donors (Lipinski definition) is 4. The summed E-state index contributed by atoms with van der Waals surface area (Å²) in [6.07, 6.45) is 0.222. The van der Waals surface area contributed by atoms with Gasteiger partial charge in [0.05, 0.1) is 0 Å². The van der Waals surface area contributed by atoms with E-state index in [0.29, 0.717) is 6.54 Å². The lowest BCUT2D eigenvalue weighted by molar-refractivity contribution is -0.138. The van der Waals surface area contributed by atoms with E-state index >= 15 is 0 Å². The second-order valence-electron chi connectivity index (χ2n) is 2.24. The maximum Gasteiger partial charge on any atom is 0.521 e. The Hall–Kier alpha value is -0.550. The highest BCUT2D eigenvalue weighted by Gasteiger charge is 2.12. The largest absolute Gasteiger partial charge is 0.521 e. The van der Waals surface area contributed by atoms with Crippen LogP contribution in [0.5, 0.6) is 0 Å². The molecule has 12 heavy (non-hydrogen) atoms. The summed E-state index contributed by atoms with van der Waals surface area (Å²) >= 11 is 0. The number of aliphatic carboxylic acids is 1. The van der Waals surface area contributed by atoms with E-state index in [2.05, 4.69) is 5.32 Å². The van der Waals surface area contributed by atoms with E-state index in [1.807, 2.05) is 0 Å². The molecule has 7 heteroatoms. The first-order valence-corrected chi connectivity index (χ1v) is 4.76. The Labute approximate surface area is 70.6 Å². The molecule has 0 fully saturated rings. The number of carboxylic acid groups (broad SMARTS) is 1. The Kier molecular flexibility index (Phi) is 5.74. The third-order valence-electron chi connectivity index (χ3n) is 1.20. The minimum atomic E-state index is -2.20. The zero-order chi connectivity index (χ0) is 9.56. The van der Waals surface area contributed by atoms with Crippen molar-refractivity contribution in [3.63, 3.8) is 0 Å². The molecular formula is C5H12N2O4P+. The van der Waals surface area contributed by atoms with Crippen LogP contribution in [-0.4, -0.2) is 34.8 Å². The highest BCUT2D eigenvalue weighted by atomic mass is 31.1. The molecule has 0 heterocycles. The normalized spacial score (nSPS) is 14.0. The van der Waals surface area contributed by atoms with E-state index in [-0.39, 0.29) is 12.7 Å². The first kappa shape index (κ1) is 11.4. The summed E-state index contributed by atoms with van der Waals surface area (Å²) in [5.41, 5.74) is 5.16. The first-order chi connectivity index (χ1) is 5.54. The Morgan fingerprint density at radius 2 is 2.25 bits per heavy atom. The van der Waals surface area contributed by atoms with Crippen molar-refractivity contribution in [1.82, 2.24) is 5.32 Å². The number of carboxylic acids is 1. The summed E-state index contributed by atoms with van der Waals surface area (Å²) in [7, 11) is -2.20. The quantitative estimate of drug-likeness (QED) is 0.321. The summed E-state index contributed by atoms with van der Waals surface area (Å²) < 4.78 is 10.1. The topological polar surface area (TPSA) is 113 Å². The SMILES string of the molecule is NC(CCNC[P+](=O)O)C(=O)O. The summed E-state index contributed by atoms with van der Waals surface area (Å²) in [5.74, 6) is -1.06. The number of hydrogen-bond acceptors (Lipinski definition) is 4. The monoisotopic (exact) mass is 195 g/mol. The van der Waals surface area contributed by atoms with Crippen LogP contribution >= 0.6 is 8.03 Å². The van der Waals surface area contributed by atoms with Crippen LogP contribution in [0.25, 0.3) is 0 Å². The zero-order valence-corrected chi connectivity index (χ0v) is 7.33. The van der Waals surface area contributed by atoms with Gasteiger partial charge < -0.3 is 10.8 Å². The van der Waals surface area contributed by atoms with Crippen LogP contribution in [0.3, 0.4) is 0 Å². The first-order valence-electron chi connectivity index (χ1n) is 3.36. The van der Waals surface area contributed by atoms with E-state index in [1.54, 1.807) is 0 Å². The molecule has 2 atom stereocenters. The maximum absolute atomic E-state index is 10.2. The summed E-state index contributed by atoms with van der Waals surface area (Å²) in [5, 5.41) is 10.9.